The van der Waals surface area contributed by atoms with Crippen molar-refractivity contribution in [1.82, 2.24) is 4.90 Å². The van der Waals surface area contributed by atoms with E-state index in [-0.39, 0.29) is 5.82 Å². The molecule has 3 rings (SSSR count). The van der Waals surface area contributed by atoms with E-state index in [0.717, 1.165) is 25.7 Å². The van der Waals surface area contributed by atoms with Gasteiger partial charge in [-0.1, -0.05) is 12.1 Å². The summed E-state index contributed by atoms with van der Waals surface area (Å²) in [5.41, 5.74) is 1.60. The van der Waals surface area contributed by atoms with Crippen molar-refractivity contribution in [2.24, 2.45) is 5.92 Å². The maximum absolute atomic E-state index is 13.2. The van der Waals surface area contributed by atoms with Gasteiger partial charge in [0.05, 0.1) is 5.57 Å². The molecule has 1 radical (unpaired) electrons. The summed E-state index contributed by atoms with van der Waals surface area (Å²) in [6.45, 7) is 0. The first-order chi connectivity index (χ1) is 12.0. The molecule has 5 heteroatoms. The molecule has 1 aromatic carbocycles. The fourth-order valence-electron chi connectivity index (χ4n) is 3.92. The molecule has 2 aliphatic rings. The summed E-state index contributed by atoms with van der Waals surface area (Å²) in [6.07, 6.45) is 6.04. The molecule has 0 aromatic heterocycles. The minimum absolute atomic E-state index is 0.197. The van der Waals surface area contributed by atoms with Gasteiger partial charge in [0.15, 0.2) is 0 Å². The van der Waals surface area contributed by atoms with Crippen LogP contribution >= 0.6 is 10.9 Å². The fraction of sp³-hybridized carbons (Fsp3) is 0.400. The van der Waals surface area contributed by atoms with Crippen molar-refractivity contribution in [3.63, 3.8) is 0 Å². The maximum atomic E-state index is 13.2. The van der Waals surface area contributed by atoms with E-state index in [4.69, 9.17) is 5.11 Å². The Morgan fingerprint density at radius 3 is 2.40 bits per heavy atom. The molecule has 1 saturated carbocycles. The van der Waals surface area contributed by atoms with Crippen LogP contribution in [0.4, 0.5) is 4.39 Å². The van der Waals surface area contributed by atoms with Crippen molar-refractivity contribution in [3.05, 3.63) is 63.4 Å². The second-order valence-electron chi connectivity index (χ2n) is 6.98. The molecule has 1 aliphatic heterocycles. The molecule has 2 unspecified atom stereocenters. The second-order valence-corrected chi connectivity index (χ2v) is 8.98. The summed E-state index contributed by atoms with van der Waals surface area (Å²) >= 11 is 0. The van der Waals surface area contributed by atoms with Gasteiger partial charge in [0.2, 0.25) is 0 Å². The van der Waals surface area contributed by atoms with E-state index in [9.17, 15) is 9.18 Å². The van der Waals surface area contributed by atoms with Gasteiger partial charge in [0.1, 0.15) is 5.82 Å². The van der Waals surface area contributed by atoms with Gasteiger partial charge in [-0.15, -0.1) is 0 Å². The first-order valence-electron chi connectivity index (χ1n) is 8.64. The number of carbonyl (C=O) groups is 1. The summed E-state index contributed by atoms with van der Waals surface area (Å²) < 4.78 is 13.2. The lowest BCUT2D eigenvalue weighted by molar-refractivity contribution is -0.132. The summed E-state index contributed by atoms with van der Waals surface area (Å²) in [6, 6.07) is 7.16. The molecule has 2 atom stereocenters. The van der Waals surface area contributed by atoms with Gasteiger partial charge in [0.25, 0.3) is 0 Å². The van der Waals surface area contributed by atoms with E-state index in [2.05, 4.69) is 24.4 Å². The highest BCUT2D eigenvalue weighted by Crippen LogP contribution is 2.54. The molecule has 1 aromatic rings. The van der Waals surface area contributed by atoms with E-state index in [1.165, 1.54) is 22.9 Å². The highest BCUT2D eigenvalue weighted by atomic mass is 32.2. The van der Waals surface area contributed by atoms with E-state index in [0.29, 0.717) is 17.5 Å². The van der Waals surface area contributed by atoms with Gasteiger partial charge < -0.3 is 10.0 Å². The molecule has 1 aliphatic carbocycles. The number of benzene rings is 1. The summed E-state index contributed by atoms with van der Waals surface area (Å²) in [4.78, 5) is 13.3. The lowest BCUT2D eigenvalue weighted by Crippen LogP contribution is -2.30. The van der Waals surface area contributed by atoms with E-state index < -0.39 is 16.9 Å². The van der Waals surface area contributed by atoms with Gasteiger partial charge in [-0.05, 0) is 80.3 Å². The van der Waals surface area contributed by atoms with Crippen molar-refractivity contribution in [3.8, 4) is 0 Å². The first-order valence-corrected chi connectivity index (χ1v) is 10.1. The zero-order valence-electron chi connectivity index (χ0n) is 14.7. The van der Waals surface area contributed by atoms with Crippen LogP contribution in [-0.4, -0.2) is 30.1 Å². The molecule has 1 fully saturated rings. The van der Waals surface area contributed by atoms with Crippen LogP contribution in [0.5, 0.6) is 0 Å². The zero-order chi connectivity index (χ0) is 18.0. The molecule has 1 N–H and O–H groups in total. The number of rotatable bonds is 5. The van der Waals surface area contributed by atoms with Crippen LogP contribution in [0.25, 0.3) is 0 Å². The molecule has 1 heterocycles. The fourth-order valence-corrected chi connectivity index (χ4v) is 5.99. The van der Waals surface area contributed by atoms with Crippen molar-refractivity contribution in [2.75, 3.05) is 14.1 Å². The third kappa shape index (κ3) is 4.15. The largest absolute Gasteiger partial charge is 0.478 e. The Labute approximate surface area is 151 Å². The Morgan fingerprint density at radius 1 is 1.24 bits per heavy atom. The highest BCUT2D eigenvalue weighted by Gasteiger charge is 2.32. The van der Waals surface area contributed by atoms with Gasteiger partial charge in [-0.3, -0.25) is 0 Å². The first kappa shape index (κ1) is 18.2. The normalized spacial score (nSPS) is 24.5. The quantitative estimate of drug-likeness (QED) is 0.749. The molecular formula is C20H25FNO2S. The maximum Gasteiger partial charge on any atom is 0.336 e. The zero-order valence-corrected chi connectivity index (χ0v) is 15.5. The molecule has 0 bridgehead atoms. The number of nitrogens with zero attached hydrogens (tertiary/aromatic N) is 1. The Kier molecular flexibility index (Phi) is 5.64. The predicted molar refractivity (Wildman–Crippen MR) is 102 cm³/mol. The van der Waals surface area contributed by atoms with Crippen LogP contribution in [0.15, 0.2) is 46.7 Å². The summed E-state index contributed by atoms with van der Waals surface area (Å²) in [7, 11) is 3.65. The Bertz CT molecular complexity index is 675. The minimum Gasteiger partial charge on any atom is -0.478 e. The Hall–Kier alpha value is -1.59. The number of hydrogen-bond donors (Lipinski definition) is 2. The van der Waals surface area contributed by atoms with E-state index in [1.54, 1.807) is 6.08 Å². The number of carboxylic acids is 1. The third-order valence-electron chi connectivity index (χ3n) is 5.13. The lowest BCUT2D eigenvalue weighted by Gasteiger charge is -2.39. The monoisotopic (exact) mass is 362 g/mol. The molecular weight excluding hydrogens is 337 g/mol. The van der Waals surface area contributed by atoms with Gasteiger partial charge in [-0.25, -0.2) is 20.1 Å². The summed E-state index contributed by atoms with van der Waals surface area (Å²) in [5, 5.41) is 14.6. The van der Waals surface area contributed by atoms with Crippen LogP contribution in [0.2, 0.25) is 0 Å². The predicted octanol–water partition coefficient (Wildman–Crippen LogP) is 4.65. The average Bonchev–Trinajstić information content (AvgIpc) is 3.07. The Balaban J connectivity index is 1.65. The van der Waals surface area contributed by atoms with Crippen LogP contribution in [0.3, 0.4) is 0 Å². The number of hydrogen-bond acceptors (Lipinski definition) is 2. The van der Waals surface area contributed by atoms with Gasteiger partial charge in [-0.2, -0.15) is 0 Å². The highest BCUT2D eigenvalue weighted by molar-refractivity contribution is 8.24. The molecule has 0 spiro atoms. The molecule has 135 valence electrons. The molecule has 25 heavy (non-hydrogen) atoms. The van der Waals surface area contributed by atoms with Crippen molar-refractivity contribution in [2.45, 2.75) is 31.7 Å². The number of aliphatic carboxylic acids is 1. The lowest BCUT2D eigenvalue weighted by atomic mass is 9.80. The van der Waals surface area contributed by atoms with Crippen molar-refractivity contribution >= 4 is 16.9 Å². The SMILES string of the molecule is CN(C)C(c1ccc(F)cc1)C1CC[C]([SH]2C=CC(C(=O)O)=C2)CC1. The van der Waals surface area contributed by atoms with Gasteiger partial charge >= 0.3 is 5.97 Å². The number of halogens is 1. The molecule has 3 nitrogen and oxygen atoms in total. The van der Waals surface area contributed by atoms with Gasteiger partial charge in [0, 0.05) is 11.3 Å². The molecule has 0 saturated heterocycles. The van der Waals surface area contributed by atoms with Crippen LogP contribution in [0.1, 0.15) is 37.3 Å². The van der Waals surface area contributed by atoms with Crippen molar-refractivity contribution in [1.29, 1.82) is 0 Å². The Morgan fingerprint density at radius 2 is 1.88 bits per heavy atom. The second kappa shape index (κ2) is 7.75. The third-order valence-corrected chi connectivity index (χ3v) is 7.33. The van der Waals surface area contributed by atoms with E-state index >= 15 is 0 Å². The standard InChI is InChI=1S/C20H25FNO2S/c1-22(2)19(14-3-7-17(21)8-4-14)15-5-9-18(10-6-15)25-12-11-16(13-25)20(23)24/h3-4,7-8,11-13,15,19,25H,5-6,9-10H2,1-2H3,(H,23,24). The minimum atomic E-state index is -0.834. The number of carboxylic acid groups (broad SMARTS) is 1. The number of thiol groups is 1. The van der Waals surface area contributed by atoms with Crippen LogP contribution in [0, 0.1) is 17.0 Å². The average molecular weight is 362 g/mol. The van der Waals surface area contributed by atoms with Crippen LogP contribution in [-0.2, 0) is 4.79 Å². The van der Waals surface area contributed by atoms with Crippen molar-refractivity contribution < 1.29 is 14.3 Å². The molecule has 0 amide bonds. The topological polar surface area (TPSA) is 40.5 Å². The van der Waals surface area contributed by atoms with Crippen LogP contribution < -0.4 is 0 Å². The summed E-state index contributed by atoms with van der Waals surface area (Å²) in [5.74, 6) is -0.495. The smallest absolute Gasteiger partial charge is 0.336 e. The van der Waals surface area contributed by atoms with E-state index in [1.807, 2.05) is 17.5 Å².